The molecule has 128 valence electrons. The van der Waals surface area contributed by atoms with Crippen molar-refractivity contribution in [1.82, 2.24) is 5.43 Å². The molecule has 0 aliphatic rings. The van der Waals surface area contributed by atoms with Crippen molar-refractivity contribution in [2.75, 3.05) is 7.11 Å². The number of ether oxygens (including phenoxy) is 1. The Morgan fingerprint density at radius 2 is 2.00 bits per heavy atom. The predicted octanol–water partition coefficient (Wildman–Crippen LogP) is 5.63. The summed E-state index contributed by atoms with van der Waals surface area (Å²) in [5.74, 6) is 0.109. The number of thiophene rings is 1. The van der Waals surface area contributed by atoms with Gasteiger partial charge in [0, 0.05) is 10.4 Å². The van der Waals surface area contributed by atoms with Crippen LogP contribution >= 0.6 is 46.1 Å². The van der Waals surface area contributed by atoms with Gasteiger partial charge in [0.1, 0.15) is 15.6 Å². The minimum absolute atomic E-state index is 0.329. The molecule has 3 rings (SSSR count). The number of rotatable bonds is 4. The van der Waals surface area contributed by atoms with E-state index in [1.54, 1.807) is 30.3 Å². The first-order valence-electron chi connectivity index (χ1n) is 7.04. The van der Waals surface area contributed by atoms with Crippen LogP contribution in [0.5, 0.6) is 5.75 Å². The van der Waals surface area contributed by atoms with Crippen molar-refractivity contribution in [1.29, 1.82) is 0 Å². The number of benzene rings is 2. The Morgan fingerprint density at radius 1 is 1.20 bits per heavy atom. The maximum Gasteiger partial charge on any atom is 0.283 e. The van der Waals surface area contributed by atoms with Gasteiger partial charge in [-0.25, -0.2) is 5.43 Å². The SMILES string of the molecule is COc1ccc2c(Cl)c(C(=O)N/N=C/c3cccc(Cl)c3)sc2c1Cl. The van der Waals surface area contributed by atoms with Crippen molar-refractivity contribution in [3.8, 4) is 5.75 Å². The quantitative estimate of drug-likeness (QED) is 0.445. The fourth-order valence-corrected chi connectivity index (χ4v) is 4.17. The second-order valence-electron chi connectivity index (χ2n) is 4.96. The second kappa shape index (κ2) is 7.62. The summed E-state index contributed by atoms with van der Waals surface area (Å²) in [5.41, 5.74) is 3.22. The van der Waals surface area contributed by atoms with E-state index in [4.69, 9.17) is 39.5 Å². The number of carbonyl (C=O) groups excluding carboxylic acids is 1. The molecule has 0 bridgehead atoms. The van der Waals surface area contributed by atoms with Crippen molar-refractivity contribution < 1.29 is 9.53 Å². The number of carbonyl (C=O) groups is 1. The lowest BCUT2D eigenvalue weighted by molar-refractivity contribution is 0.0959. The molecule has 0 atom stereocenters. The number of methoxy groups -OCH3 is 1. The zero-order chi connectivity index (χ0) is 18.0. The van der Waals surface area contributed by atoms with E-state index in [1.807, 2.05) is 6.07 Å². The number of halogens is 3. The van der Waals surface area contributed by atoms with E-state index in [2.05, 4.69) is 10.5 Å². The average Bonchev–Trinajstić information content (AvgIpc) is 2.93. The maximum atomic E-state index is 12.4. The molecular weight excluding hydrogens is 403 g/mol. The van der Waals surface area contributed by atoms with Gasteiger partial charge >= 0.3 is 0 Å². The van der Waals surface area contributed by atoms with E-state index >= 15 is 0 Å². The van der Waals surface area contributed by atoms with Crippen LogP contribution in [-0.4, -0.2) is 19.2 Å². The molecule has 25 heavy (non-hydrogen) atoms. The van der Waals surface area contributed by atoms with Gasteiger partial charge in [0.15, 0.2) is 0 Å². The minimum atomic E-state index is -0.417. The molecule has 0 saturated heterocycles. The number of amides is 1. The Labute approximate surface area is 163 Å². The van der Waals surface area contributed by atoms with Crippen molar-refractivity contribution in [3.05, 3.63) is 61.9 Å². The third-order valence-corrected chi connectivity index (χ3v) is 5.80. The molecule has 8 heteroatoms. The molecule has 1 aromatic heterocycles. The van der Waals surface area contributed by atoms with E-state index in [9.17, 15) is 4.79 Å². The molecule has 0 fully saturated rings. The molecule has 4 nitrogen and oxygen atoms in total. The molecule has 2 aromatic carbocycles. The van der Waals surface area contributed by atoms with Gasteiger partial charge in [0.25, 0.3) is 5.91 Å². The Bertz CT molecular complexity index is 985. The lowest BCUT2D eigenvalue weighted by Gasteiger charge is -2.02. The summed E-state index contributed by atoms with van der Waals surface area (Å²) in [4.78, 5) is 12.7. The van der Waals surface area contributed by atoms with E-state index in [0.717, 1.165) is 5.56 Å². The Hall–Kier alpha value is -1.79. The summed E-state index contributed by atoms with van der Waals surface area (Å²) in [6.45, 7) is 0. The van der Waals surface area contributed by atoms with Crippen LogP contribution in [0.4, 0.5) is 0 Å². The van der Waals surface area contributed by atoms with Gasteiger partial charge in [0.05, 0.1) is 23.0 Å². The van der Waals surface area contributed by atoms with E-state index in [0.29, 0.717) is 35.8 Å². The summed E-state index contributed by atoms with van der Waals surface area (Å²) in [6.07, 6.45) is 1.50. The van der Waals surface area contributed by atoms with E-state index in [-0.39, 0.29) is 0 Å². The highest BCUT2D eigenvalue weighted by Crippen LogP contribution is 2.42. The summed E-state index contributed by atoms with van der Waals surface area (Å²) in [6, 6.07) is 10.6. The lowest BCUT2D eigenvalue weighted by atomic mass is 10.2. The summed E-state index contributed by atoms with van der Waals surface area (Å²) >= 11 is 19.7. The molecule has 0 saturated carbocycles. The first-order chi connectivity index (χ1) is 12.0. The van der Waals surface area contributed by atoms with Gasteiger partial charge in [-0.15, -0.1) is 11.3 Å². The number of nitrogens with zero attached hydrogens (tertiary/aromatic N) is 1. The molecular formula is C17H11Cl3N2O2S. The molecule has 1 amide bonds. The lowest BCUT2D eigenvalue weighted by Crippen LogP contribution is -2.16. The van der Waals surface area contributed by atoms with Gasteiger partial charge < -0.3 is 4.74 Å². The third-order valence-electron chi connectivity index (χ3n) is 3.36. The van der Waals surface area contributed by atoms with Gasteiger partial charge in [-0.05, 0) is 29.8 Å². The molecule has 1 heterocycles. The fourth-order valence-electron chi connectivity index (χ4n) is 2.19. The highest BCUT2D eigenvalue weighted by molar-refractivity contribution is 7.22. The maximum absolute atomic E-state index is 12.4. The monoisotopic (exact) mass is 412 g/mol. The summed E-state index contributed by atoms with van der Waals surface area (Å²) in [7, 11) is 1.53. The highest BCUT2D eigenvalue weighted by atomic mass is 35.5. The van der Waals surface area contributed by atoms with Crippen LogP contribution in [0.1, 0.15) is 15.2 Å². The van der Waals surface area contributed by atoms with Crippen LogP contribution in [0.25, 0.3) is 10.1 Å². The third kappa shape index (κ3) is 3.75. The first-order valence-corrected chi connectivity index (χ1v) is 8.99. The number of fused-ring (bicyclic) bond motifs is 1. The fraction of sp³-hybridized carbons (Fsp3) is 0.0588. The Balaban J connectivity index is 1.85. The second-order valence-corrected chi connectivity index (χ2v) is 7.17. The van der Waals surface area contributed by atoms with Crippen LogP contribution < -0.4 is 10.2 Å². The van der Waals surface area contributed by atoms with E-state index < -0.39 is 5.91 Å². The number of nitrogens with one attached hydrogen (secondary N) is 1. The van der Waals surface area contributed by atoms with Crippen LogP contribution in [0, 0.1) is 0 Å². The van der Waals surface area contributed by atoms with Crippen molar-refractivity contribution in [3.63, 3.8) is 0 Å². The molecule has 0 spiro atoms. The Morgan fingerprint density at radius 3 is 2.72 bits per heavy atom. The van der Waals surface area contributed by atoms with Crippen molar-refractivity contribution in [2.45, 2.75) is 0 Å². The zero-order valence-electron chi connectivity index (χ0n) is 12.8. The average molecular weight is 414 g/mol. The molecule has 0 radical (unpaired) electrons. The molecule has 0 aliphatic carbocycles. The number of hydrogen-bond donors (Lipinski definition) is 1. The van der Waals surface area contributed by atoms with Gasteiger partial charge in [0.2, 0.25) is 0 Å². The highest BCUT2D eigenvalue weighted by Gasteiger charge is 2.20. The molecule has 0 aliphatic heterocycles. The number of hydrogen-bond acceptors (Lipinski definition) is 4. The molecule has 0 unspecified atom stereocenters. The Kier molecular flexibility index (Phi) is 5.49. The van der Waals surface area contributed by atoms with Gasteiger partial charge in [-0.1, -0.05) is 46.9 Å². The summed E-state index contributed by atoms with van der Waals surface area (Å²) in [5, 5.41) is 5.98. The van der Waals surface area contributed by atoms with Crippen LogP contribution in [-0.2, 0) is 0 Å². The summed E-state index contributed by atoms with van der Waals surface area (Å²) < 4.78 is 5.87. The van der Waals surface area contributed by atoms with Crippen LogP contribution in [0.2, 0.25) is 15.1 Å². The normalized spacial score (nSPS) is 11.2. The molecule has 3 aromatic rings. The van der Waals surface area contributed by atoms with Crippen LogP contribution in [0.15, 0.2) is 41.5 Å². The zero-order valence-corrected chi connectivity index (χ0v) is 15.9. The topological polar surface area (TPSA) is 50.7 Å². The van der Waals surface area contributed by atoms with Crippen LogP contribution in [0.3, 0.4) is 0 Å². The van der Waals surface area contributed by atoms with E-state index in [1.165, 1.54) is 24.7 Å². The van der Waals surface area contributed by atoms with Crippen molar-refractivity contribution >= 4 is 68.3 Å². The smallest absolute Gasteiger partial charge is 0.283 e. The minimum Gasteiger partial charge on any atom is -0.495 e. The predicted molar refractivity (Wildman–Crippen MR) is 105 cm³/mol. The largest absolute Gasteiger partial charge is 0.495 e. The van der Waals surface area contributed by atoms with Gasteiger partial charge in [-0.3, -0.25) is 4.79 Å². The molecule has 1 N–H and O–H groups in total. The van der Waals surface area contributed by atoms with Crippen molar-refractivity contribution in [2.24, 2.45) is 5.10 Å². The first kappa shape index (κ1) is 18.0. The standard InChI is InChI=1S/C17H11Cl3N2O2S/c1-24-12-6-5-11-13(19)16(25-15(11)14(12)20)17(23)22-21-8-9-3-2-4-10(18)7-9/h2-8H,1H3,(H,22,23)/b21-8+. The number of hydrazone groups is 1. The van der Waals surface area contributed by atoms with Gasteiger partial charge in [-0.2, -0.15) is 5.10 Å².